The summed E-state index contributed by atoms with van der Waals surface area (Å²) < 4.78 is 81.2. The summed E-state index contributed by atoms with van der Waals surface area (Å²) in [6, 6.07) is 12.0. The number of piperazine rings is 1. The van der Waals surface area contributed by atoms with Gasteiger partial charge >= 0.3 is 18.3 Å². The summed E-state index contributed by atoms with van der Waals surface area (Å²) in [6.45, 7) is 3.60. The first-order chi connectivity index (χ1) is 26.6. The van der Waals surface area contributed by atoms with Crippen LogP contribution in [0.15, 0.2) is 72.9 Å². The van der Waals surface area contributed by atoms with Crippen molar-refractivity contribution in [2.24, 2.45) is 5.92 Å². The van der Waals surface area contributed by atoms with Crippen LogP contribution in [0.3, 0.4) is 0 Å². The number of carbonyl (C=O) groups is 4. The van der Waals surface area contributed by atoms with Gasteiger partial charge in [-0.05, 0) is 68.4 Å². The van der Waals surface area contributed by atoms with Crippen LogP contribution in [0, 0.1) is 17.6 Å². The molecule has 2 fully saturated rings. The minimum Gasteiger partial charge on any atom is -0.454 e. The number of carbonyl (C=O) groups excluding carboxylic acids is 4. The molecule has 0 saturated carbocycles. The molecule has 2 aliphatic rings. The van der Waals surface area contributed by atoms with Crippen LogP contribution in [0.1, 0.15) is 19.4 Å². The first-order valence-electron chi connectivity index (χ1n) is 17.2. The zero-order valence-electron chi connectivity index (χ0n) is 30.1. The summed E-state index contributed by atoms with van der Waals surface area (Å²) in [5.74, 6) is -4.83. The quantitative estimate of drug-likeness (QED) is 0.140. The Kier molecular flexibility index (Phi) is 11.2. The second kappa shape index (κ2) is 16.1. The van der Waals surface area contributed by atoms with Gasteiger partial charge in [-0.3, -0.25) is 9.59 Å². The number of pyridine rings is 2. The highest BCUT2D eigenvalue weighted by Gasteiger charge is 2.44. The van der Waals surface area contributed by atoms with E-state index in [4.69, 9.17) is 9.47 Å². The minimum atomic E-state index is -4.70. The molecule has 4 aromatic rings. The smallest absolute Gasteiger partial charge is 0.419 e. The molecule has 14 nitrogen and oxygen atoms in total. The Labute approximate surface area is 316 Å². The highest BCUT2D eigenvalue weighted by atomic mass is 19.4. The summed E-state index contributed by atoms with van der Waals surface area (Å²) in [6.07, 6.45) is -3.96. The normalized spacial score (nSPS) is 16.3. The maximum Gasteiger partial charge on any atom is 0.419 e. The highest BCUT2D eigenvalue weighted by Crippen LogP contribution is 2.37. The number of hydrogen-bond acceptors (Lipinski definition) is 10. The lowest BCUT2D eigenvalue weighted by atomic mass is 10.0. The molecule has 56 heavy (non-hydrogen) atoms. The molecule has 1 unspecified atom stereocenters. The van der Waals surface area contributed by atoms with Gasteiger partial charge in [0.2, 0.25) is 11.8 Å². The van der Waals surface area contributed by atoms with Crippen molar-refractivity contribution in [1.29, 1.82) is 0 Å². The summed E-state index contributed by atoms with van der Waals surface area (Å²) in [7, 11) is 1.22. The predicted octanol–water partition coefficient (Wildman–Crippen LogP) is 6.63. The Morgan fingerprint density at radius 2 is 1.62 bits per heavy atom. The zero-order chi connectivity index (χ0) is 40.3. The molecular formula is C37H35F5N8O6. The predicted molar refractivity (Wildman–Crippen MR) is 193 cm³/mol. The average Bonchev–Trinajstić information content (AvgIpc) is 3.16. The van der Waals surface area contributed by atoms with Crippen LogP contribution in [0.5, 0.6) is 11.5 Å². The van der Waals surface area contributed by atoms with Crippen molar-refractivity contribution in [2.45, 2.75) is 26.1 Å². The second-order valence-corrected chi connectivity index (χ2v) is 13.0. The maximum absolute atomic E-state index is 15.3. The molecule has 19 heteroatoms. The van der Waals surface area contributed by atoms with E-state index < -0.39 is 59.3 Å². The van der Waals surface area contributed by atoms with Gasteiger partial charge in [0.15, 0.2) is 11.6 Å². The van der Waals surface area contributed by atoms with E-state index in [2.05, 4.69) is 20.6 Å². The monoisotopic (exact) mass is 782 g/mol. The largest absolute Gasteiger partial charge is 0.454 e. The Balaban J connectivity index is 1.14. The molecule has 6 rings (SSSR count). The van der Waals surface area contributed by atoms with E-state index in [0.717, 1.165) is 35.2 Å². The number of ether oxygens (including phenoxy) is 2. The fourth-order valence-corrected chi connectivity index (χ4v) is 6.09. The molecule has 0 aliphatic carbocycles. The van der Waals surface area contributed by atoms with Gasteiger partial charge in [-0.1, -0.05) is 0 Å². The molecule has 2 saturated heterocycles. The standard InChI is InChI=1S/C37H35F5N8O6/c1-21(2)49-20-26(34(52)50(35(49)53)24-7-4-22(38)5-8-24)33(51)44-23-6-10-29(28(39)18-23)56-25-12-13-43-31(19-25)45-30-11-9-27(37(40,41)42)32(46-30)47-14-16-48(17-15-47)36(54)55-3/h4-13,18-19,21,26H,14-17,20H2,1-3H3,(H,44,51)(H,43,45,46). The van der Waals surface area contributed by atoms with Crippen LogP contribution in [-0.2, 0) is 20.5 Å². The number of methoxy groups -OCH3 is 1. The molecule has 0 bridgehead atoms. The lowest BCUT2D eigenvalue weighted by molar-refractivity contribution is -0.137. The Hall–Kier alpha value is -6.53. The van der Waals surface area contributed by atoms with Gasteiger partial charge in [0, 0.05) is 62.8 Å². The molecule has 2 aromatic heterocycles. The second-order valence-electron chi connectivity index (χ2n) is 13.0. The van der Waals surface area contributed by atoms with Crippen LogP contribution >= 0.6 is 0 Å². The minimum absolute atomic E-state index is 0.0121. The third kappa shape index (κ3) is 8.55. The number of aromatic nitrogens is 2. The van der Waals surface area contributed by atoms with E-state index in [1.54, 1.807) is 13.8 Å². The summed E-state index contributed by atoms with van der Waals surface area (Å²) in [4.78, 5) is 65.1. The topological polar surface area (TPSA) is 150 Å². The number of alkyl halides is 3. The molecule has 4 heterocycles. The lowest BCUT2D eigenvalue weighted by Crippen LogP contribution is -2.61. The molecule has 2 aliphatic heterocycles. The third-order valence-corrected chi connectivity index (χ3v) is 8.97. The number of urea groups is 1. The third-order valence-electron chi connectivity index (χ3n) is 8.97. The number of nitrogens with zero attached hydrogens (tertiary/aromatic N) is 6. The molecule has 2 N–H and O–H groups in total. The number of hydrogen-bond donors (Lipinski definition) is 2. The summed E-state index contributed by atoms with van der Waals surface area (Å²) in [5.41, 5.74) is -0.888. The Morgan fingerprint density at radius 1 is 0.911 bits per heavy atom. The van der Waals surface area contributed by atoms with E-state index in [-0.39, 0.29) is 73.1 Å². The fraction of sp³-hybridized carbons (Fsp3) is 0.297. The number of benzene rings is 2. The number of anilines is 5. The van der Waals surface area contributed by atoms with Crippen molar-refractivity contribution >= 4 is 52.8 Å². The van der Waals surface area contributed by atoms with Crippen molar-refractivity contribution < 1.29 is 50.6 Å². The molecular weight excluding hydrogens is 747 g/mol. The maximum atomic E-state index is 15.3. The van der Waals surface area contributed by atoms with Crippen LogP contribution in [0.2, 0.25) is 0 Å². The lowest BCUT2D eigenvalue weighted by Gasteiger charge is -2.39. The van der Waals surface area contributed by atoms with Gasteiger partial charge < -0.3 is 34.8 Å². The van der Waals surface area contributed by atoms with E-state index in [1.807, 2.05) is 0 Å². The molecule has 1 atom stereocenters. The summed E-state index contributed by atoms with van der Waals surface area (Å²) >= 11 is 0. The van der Waals surface area contributed by atoms with Crippen LogP contribution < -0.4 is 25.2 Å². The van der Waals surface area contributed by atoms with E-state index in [1.165, 1.54) is 64.4 Å². The number of nitrogens with one attached hydrogen (secondary N) is 2. The van der Waals surface area contributed by atoms with Crippen LogP contribution in [0.25, 0.3) is 0 Å². The van der Waals surface area contributed by atoms with Gasteiger partial charge in [-0.2, -0.15) is 13.2 Å². The summed E-state index contributed by atoms with van der Waals surface area (Å²) in [5, 5.41) is 5.35. The fourth-order valence-electron chi connectivity index (χ4n) is 6.09. The Bertz CT molecular complexity index is 2130. The van der Waals surface area contributed by atoms with Crippen molar-refractivity contribution in [2.75, 3.05) is 60.3 Å². The van der Waals surface area contributed by atoms with Gasteiger partial charge in [0.1, 0.15) is 34.9 Å². The molecule has 0 spiro atoms. The van der Waals surface area contributed by atoms with E-state index in [9.17, 15) is 36.7 Å². The Morgan fingerprint density at radius 3 is 2.27 bits per heavy atom. The van der Waals surface area contributed by atoms with Gasteiger partial charge in [0.05, 0.1) is 18.4 Å². The van der Waals surface area contributed by atoms with Crippen LogP contribution in [-0.4, -0.2) is 89.6 Å². The number of amides is 5. The van der Waals surface area contributed by atoms with Gasteiger partial charge in [-0.25, -0.2) is 33.2 Å². The average molecular weight is 783 g/mol. The first kappa shape index (κ1) is 39.2. The highest BCUT2D eigenvalue weighted by molar-refractivity contribution is 6.23. The molecule has 294 valence electrons. The van der Waals surface area contributed by atoms with E-state index in [0.29, 0.717) is 0 Å². The first-order valence-corrected chi connectivity index (χ1v) is 17.2. The molecule has 0 radical (unpaired) electrons. The van der Waals surface area contributed by atoms with Crippen LogP contribution in [0.4, 0.5) is 60.4 Å². The van der Waals surface area contributed by atoms with Crippen molar-refractivity contribution in [3.8, 4) is 11.5 Å². The van der Waals surface area contributed by atoms with Crippen molar-refractivity contribution in [3.05, 3.63) is 90.1 Å². The SMILES string of the molecule is COC(=O)N1CCN(c2nc(Nc3cc(Oc4ccc(NC(=O)C5CN(C(C)C)C(=O)N(c6ccc(F)cc6)C5=O)cc4F)ccn3)ccc2C(F)(F)F)CC1. The van der Waals surface area contributed by atoms with Gasteiger partial charge in [-0.15, -0.1) is 0 Å². The zero-order valence-corrected chi connectivity index (χ0v) is 30.1. The molecule has 2 aromatic carbocycles. The van der Waals surface area contributed by atoms with E-state index >= 15 is 4.39 Å². The number of rotatable bonds is 9. The van der Waals surface area contributed by atoms with Crippen molar-refractivity contribution in [1.82, 2.24) is 19.8 Å². The van der Waals surface area contributed by atoms with Crippen molar-refractivity contribution in [3.63, 3.8) is 0 Å². The van der Waals surface area contributed by atoms with Gasteiger partial charge in [0.25, 0.3) is 0 Å². The number of halogens is 5. The number of imide groups is 1. The molecule has 5 amide bonds.